The van der Waals surface area contributed by atoms with Crippen LogP contribution in [0, 0.1) is 0 Å². The molecule has 2 heterocycles. The Labute approximate surface area is 206 Å². The summed E-state index contributed by atoms with van der Waals surface area (Å²) in [6.45, 7) is 4.89. The number of carbonyl (C=O) groups excluding carboxylic acids is 3. The molecule has 8 heteroatoms. The molecule has 4 rings (SSSR count). The Bertz CT molecular complexity index is 1070. The molecular weight excluding hydrogens is 446 g/mol. The lowest BCUT2D eigenvalue weighted by Gasteiger charge is -2.44. The highest BCUT2D eigenvalue weighted by Gasteiger charge is 2.54. The third-order valence-electron chi connectivity index (χ3n) is 6.95. The van der Waals surface area contributed by atoms with Gasteiger partial charge in [0.05, 0.1) is 13.7 Å². The van der Waals surface area contributed by atoms with Gasteiger partial charge in [0.2, 0.25) is 5.91 Å². The average molecular weight is 480 g/mol. The second-order valence-corrected chi connectivity index (χ2v) is 9.16. The average Bonchev–Trinajstić information content (AvgIpc) is 3.27. The molecule has 0 radical (unpaired) electrons. The van der Waals surface area contributed by atoms with Gasteiger partial charge in [0.15, 0.2) is 0 Å². The first-order valence-electron chi connectivity index (χ1n) is 12.1. The maximum absolute atomic E-state index is 13.7. The zero-order valence-electron chi connectivity index (χ0n) is 20.5. The number of amides is 3. The number of ether oxygens (including phenoxy) is 2. The number of hydrogen-bond donors (Lipinski definition) is 1. The highest BCUT2D eigenvalue weighted by molar-refractivity contribution is 5.98. The van der Waals surface area contributed by atoms with Crippen LogP contribution in [0.2, 0.25) is 0 Å². The lowest BCUT2D eigenvalue weighted by atomic mass is 9.96. The molecule has 2 aliphatic rings. The number of rotatable bonds is 6. The Balaban J connectivity index is 1.55. The van der Waals surface area contributed by atoms with Crippen molar-refractivity contribution in [2.75, 3.05) is 26.8 Å². The van der Waals surface area contributed by atoms with Gasteiger partial charge in [-0.05, 0) is 43.7 Å². The molecule has 35 heavy (non-hydrogen) atoms. The number of nitrogens with zero attached hydrogens (tertiary/aromatic N) is 2. The van der Waals surface area contributed by atoms with Crippen molar-refractivity contribution in [1.82, 2.24) is 15.1 Å². The summed E-state index contributed by atoms with van der Waals surface area (Å²) in [4.78, 5) is 43.3. The molecular formula is C27H33N3O5. The van der Waals surface area contributed by atoms with E-state index in [4.69, 9.17) is 9.47 Å². The number of methoxy groups -OCH3 is 1. The minimum absolute atomic E-state index is 0.00457. The predicted molar refractivity (Wildman–Crippen MR) is 131 cm³/mol. The van der Waals surface area contributed by atoms with Crippen molar-refractivity contribution in [3.05, 3.63) is 65.7 Å². The molecule has 2 aromatic rings. The molecule has 8 nitrogen and oxygen atoms in total. The number of nitrogens with one attached hydrogen (secondary N) is 1. The van der Waals surface area contributed by atoms with Crippen LogP contribution in [0.3, 0.4) is 0 Å². The second kappa shape index (κ2) is 10.5. The predicted octanol–water partition coefficient (Wildman–Crippen LogP) is 3.08. The molecule has 2 fully saturated rings. The van der Waals surface area contributed by atoms with E-state index in [0.29, 0.717) is 42.8 Å². The Morgan fingerprint density at radius 1 is 1.06 bits per heavy atom. The summed E-state index contributed by atoms with van der Waals surface area (Å²) in [7, 11) is 1.57. The summed E-state index contributed by atoms with van der Waals surface area (Å²) in [5.41, 5.74) is 0.125. The quantitative estimate of drug-likeness (QED) is 0.688. The molecule has 1 spiro atoms. The monoisotopic (exact) mass is 479 g/mol. The maximum Gasteiger partial charge on any atom is 0.256 e. The van der Waals surface area contributed by atoms with E-state index < -0.39 is 11.8 Å². The number of carbonyl (C=O) groups is 3. The fourth-order valence-corrected chi connectivity index (χ4v) is 4.73. The van der Waals surface area contributed by atoms with Crippen molar-refractivity contribution in [2.24, 2.45) is 0 Å². The molecule has 0 saturated carbocycles. The normalized spacial score (nSPS) is 19.9. The summed E-state index contributed by atoms with van der Waals surface area (Å²) >= 11 is 0. The van der Waals surface area contributed by atoms with Gasteiger partial charge in [0.25, 0.3) is 11.8 Å². The first-order valence-corrected chi connectivity index (χ1v) is 12.1. The van der Waals surface area contributed by atoms with Crippen LogP contribution in [-0.2, 0) is 9.53 Å². The van der Waals surface area contributed by atoms with Crippen molar-refractivity contribution < 1.29 is 23.9 Å². The van der Waals surface area contributed by atoms with Crippen LogP contribution in [0.15, 0.2) is 54.6 Å². The molecule has 2 unspecified atom stereocenters. The fraction of sp³-hybridized carbons (Fsp3) is 0.444. The summed E-state index contributed by atoms with van der Waals surface area (Å²) in [5, 5.41) is 3.00. The summed E-state index contributed by atoms with van der Waals surface area (Å²) in [6.07, 6.45) is 1.64. The maximum atomic E-state index is 13.7. The molecule has 0 bridgehead atoms. The van der Waals surface area contributed by atoms with Gasteiger partial charge < -0.3 is 19.7 Å². The highest BCUT2D eigenvalue weighted by atomic mass is 16.5. The number of likely N-dealkylation sites (tertiary alicyclic amines) is 1. The SMILES string of the molecule is CCC(C)NC(=O)C1COC2(CCN(C(=O)c3cccc(OC)c3)CC2)N1C(=O)c1ccccc1. The van der Waals surface area contributed by atoms with Gasteiger partial charge in [0.1, 0.15) is 17.5 Å². The lowest BCUT2D eigenvalue weighted by Crippen LogP contribution is -2.60. The summed E-state index contributed by atoms with van der Waals surface area (Å²) in [5.74, 6) is 0.0809. The third-order valence-corrected chi connectivity index (χ3v) is 6.95. The van der Waals surface area contributed by atoms with Gasteiger partial charge in [-0.1, -0.05) is 31.2 Å². The van der Waals surface area contributed by atoms with Crippen LogP contribution in [0.4, 0.5) is 0 Å². The summed E-state index contributed by atoms with van der Waals surface area (Å²) in [6, 6.07) is 15.3. The van der Waals surface area contributed by atoms with Crippen LogP contribution < -0.4 is 10.1 Å². The molecule has 0 aromatic heterocycles. The van der Waals surface area contributed by atoms with Gasteiger partial charge in [-0.3, -0.25) is 19.3 Å². The van der Waals surface area contributed by atoms with E-state index >= 15 is 0 Å². The first-order chi connectivity index (χ1) is 16.9. The third kappa shape index (κ3) is 5.03. The number of piperidine rings is 1. The molecule has 186 valence electrons. The van der Waals surface area contributed by atoms with Gasteiger partial charge in [-0.25, -0.2) is 0 Å². The van der Waals surface area contributed by atoms with Gasteiger partial charge in [-0.2, -0.15) is 0 Å². The standard InChI is InChI=1S/C27H33N3O5/c1-4-19(2)28-24(31)23-18-35-27(30(23)26(33)20-9-6-5-7-10-20)13-15-29(16-14-27)25(32)21-11-8-12-22(17-21)34-3/h5-12,17,19,23H,4,13-16,18H2,1-3H3,(H,28,31). The number of hydrogen-bond acceptors (Lipinski definition) is 5. The van der Waals surface area contributed by atoms with Crippen LogP contribution in [0.25, 0.3) is 0 Å². The second-order valence-electron chi connectivity index (χ2n) is 9.16. The molecule has 2 saturated heterocycles. The molecule has 1 N–H and O–H groups in total. The highest BCUT2D eigenvalue weighted by Crippen LogP contribution is 2.39. The summed E-state index contributed by atoms with van der Waals surface area (Å²) < 4.78 is 11.5. The van der Waals surface area contributed by atoms with Crippen molar-refractivity contribution in [2.45, 2.75) is 50.9 Å². The Kier molecular flexibility index (Phi) is 7.40. The molecule has 2 atom stereocenters. The Morgan fingerprint density at radius 2 is 1.74 bits per heavy atom. The van der Waals surface area contributed by atoms with E-state index in [2.05, 4.69) is 5.32 Å². The zero-order valence-corrected chi connectivity index (χ0v) is 20.5. The van der Waals surface area contributed by atoms with E-state index in [9.17, 15) is 14.4 Å². The van der Waals surface area contributed by atoms with Gasteiger partial charge in [0, 0.05) is 43.1 Å². The minimum atomic E-state index is -0.935. The first kappa shape index (κ1) is 24.7. The molecule has 0 aliphatic carbocycles. The molecule has 2 aromatic carbocycles. The van der Waals surface area contributed by atoms with Crippen molar-refractivity contribution in [3.8, 4) is 5.75 Å². The van der Waals surface area contributed by atoms with Gasteiger partial charge >= 0.3 is 0 Å². The van der Waals surface area contributed by atoms with E-state index in [1.807, 2.05) is 19.9 Å². The zero-order chi connectivity index (χ0) is 25.0. The number of benzene rings is 2. The van der Waals surface area contributed by atoms with Crippen molar-refractivity contribution in [1.29, 1.82) is 0 Å². The lowest BCUT2D eigenvalue weighted by molar-refractivity contribution is -0.128. The van der Waals surface area contributed by atoms with E-state index in [1.54, 1.807) is 65.4 Å². The van der Waals surface area contributed by atoms with Crippen LogP contribution in [0.1, 0.15) is 53.8 Å². The topological polar surface area (TPSA) is 88.2 Å². The van der Waals surface area contributed by atoms with E-state index in [0.717, 1.165) is 6.42 Å². The van der Waals surface area contributed by atoms with E-state index in [1.165, 1.54) is 0 Å². The van der Waals surface area contributed by atoms with Crippen molar-refractivity contribution >= 4 is 17.7 Å². The fourth-order valence-electron chi connectivity index (χ4n) is 4.73. The molecule has 3 amide bonds. The minimum Gasteiger partial charge on any atom is -0.497 e. The van der Waals surface area contributed by atoms with E-state index in [-0.39, 0.29) is 30.4 Å². The smallest absolute Gasteiger partial charge is 0.256 e. The Hall–Kier alpha value is -3.39. The Morgan fingerprint density at radius 3 is 2.40 bits per heavy atom. The largest absolute Gasteiger partial charge is 0.497 e. The van der Waals surface area contributed by atoms with Crippen LogP contribution in [-0.4, -0.2) is 72.1 Å². The van der Waals surface area contributed by atoms with Gasteiger partial charge in [-0.15, -0.1) is 0 Å². The van der Waals surface area contributed by atoms with Crippen LogP contribution in [0.5, 0.6) is 5.75 Å². The van der Waals surface area contributed by atoms with Crippen molar-refractivity contribution in [3.63, 3.8) is 0 Å². The van der Waals surface area contributed by atoms with Crippen LogP contribution >= 0.6 is 0 Å². The molecule has 2 aliphatic heterocycles.